The van der Waals surface area contributed by atoms with E-state index in [0.29, 0.717) is 12.6 Å². The van der Waals surface area contributed by atoms with Gasteiger partial charge in [-0.05, 0) is 44.0 Å². The van der Waals surface area contributed by atoms with Gasteiger partial charge in [0.05, 0.1) is 0 Å². The second-order valence-corrected chi connectivity index (χ2v) is 4.89. The average Bonchev–Trinajstić information content (AvgIpc) is 2.86. The van der Waals surface area contributed by atoms with Gasteiger partial charge in [0.2, 0.25) is 0 Å². The Bertz CT molecular complexity index is 397. The van der Waals surface area contributed by atoms with E-state index in [-0.39, 0.29) is 11.8 Å². The van der Waals surface area contributed by atoms with Crippen LogP contribution in [0.3, 0.4) is 0 Å². The van der Waals surface area contributed by atoms with Crippen LogP contribution in [-0.4, -0.2) is 30.6 Å². The van der Waals surface area contributed by atoms with Crippen molar-refractivity contribution in [1.82, 2.24) is 4.90 Å². The summed E-state index contributed by atoms with van der Waals surface area (Å²) in [7, 11) is 0. The second-order valence-electron chi connectivity index (χ2n) is 4.89. The molecule has 1 aromatic carbocycles. The Kier molecular flexibility index (Phi) is 4.71. The lowest BCUT2D eigenvalue weighted by Gasteiger charge is -2.30. The topological polar surface area (TPSA) is 38.5 Å². The maximum absolute atomic E-state index is 12.1. The molecule has 1 aliphatic rings. The quantitative estimate of drug-likeness (QED) is 0.894. The lowest BCUT2D eigenvalue weighted by atomic mass is 10.1. The molecule has 0 spiro atoms. The van der Waals surface area contributed by atoms with Crippen molar-refractivity contribution >= 4 is 0 Å². The van der Waals surface area contributed by atoms with Crippen LogP contribution < -0.4 is 10.5 Å². The highest BCUT2D eigenvalue weighted by Crippen LogP contribution is 2.29. The van der Waals surface area contributed by atoms with Gasteiger partial charge in [0.25, 0.3) is 0 Å². The van der Waals surface area contributed by atoms with Crippen LogP contribution in [0.15, 0.2) is 24.3 Å². The van der Waals surface area contributed by atoms with E-state index in [0.717, 1.165) is 18.5 Å². The van der Waals surface area contributed by atoms with Crippen LogP contribution in [0.2, 0.25) is 0 Å². The largest absolute Gasteiger partial charge is 0.435 e. The number of nitrogens with zero attached hydrogens (tertiary/aromatic N) is 1. The van der Waals surface area contributed by atoms with Crippen molar-refractivity contribution in [3.05, 3.63) is 29.8 Å². The third-order valence-electron chi connectivity index (χ3n) is 3.78. The Labute approximate surface area is 112 Å². The molecular weight excluding hydrogens is 250 g/mol. The fourth-order valence-corrected chi connectivity index (χ4v) is 2.74. The minimum Gasteiger partial charge on any atom is -0.435 e. The number of halogens is 2. The van der Waals surface area contributed by atoms with Crippen LogP contribution in [0.1, 0.15) is 31.4 Å². The second kappa shape index (κ2) is 6.30. The smallest absolute Gasteiger partial charge is 0.387 e. The molecule has 2 N–H and O–H groups in total. The van der Waals surface area contributed by atoms with Gasteiger partial charge in [0.15, 0.2) is 0 Å². The van der Waals surface area contributed by atoms with Crippen LogP contribution in [0.25, 0.3) is 0 Å². The molecular formula is C14H20F2N2O. The van der Waals surface area contributed by atoms with Crippen LogP contribution in [0, 0.1) is 0 Å². The molecule has 0 aliphatic carbocycles. The van der Waals surface area contributed by atoms with Gasteiger partial charge in [-0.3, -0.25) is 4.90 Å². The lowest BCUT2D eigenvalue weighted by Crippen LogP contribution is -2.37. The molecule has 2 atom stereocenters. The summed E-state index contributed by atoms with van der Waals surface area (Å²) in [6.45, 7) is 1.05. The van der Waals surface area contributed by atoms with Crippen molar-refractivity contribution in [2.75, 3.05) is 13.1 Å². The van der Waals surface area contributed by atoms with Gasteiger partial charge >= 0.3 is 6.61 Å². The predicted molar refractivity (Wildman–Crippen MR) is 70.3 cm³/mol. The van der Waals surface area contributed by atoms with E-state index in [1.807, 2.05) is 12.1 Å². The van der Waals surface area contributed by atoms with Crippen LogP contribution >= 0.6 is 0 Å². The third-order valence-corrected chi connectivity index (χ3v) is 3.78. The van der Waals surface area contributed by atoms with Gasteiger partial charge < -0.3 is 10.5 Å². The molecule has 1 aliphatic heterocycles. The highest BCUT2D eigenvalue weighted by Gasteiger charge is 2.27. The molecule has 0 radical (unpaired) electrons. The zero-order valence-corrected chi connectivity index (χ0v) is 11.1. The van der Waals surface area contributed by atoms with E-state index in [4.69, 9.17) is 5.73 Å². The molecule has 2 unspecified atom stereocenters. The minimum atomic E-state index is -2.77. The first-order valence-electron chi connectivity index (χ1n) is 6.62. The number of ether oxygens (including phenoxy) is 1. The van der Waals surface area contributed by atoms with E-state index >= 15 is 0 Å². The van der Waals surface area contributed by atoms with Crippen molar-refractivity contribution < 1.29 is 13.5 Å². The number of alkyl halides is 2. The summed E-state index contributed by atoms with van der Waals surface area (Å²) >= 11 is 0. The van der Waals surface area contributed by atoms with Gasteiger partial charge in [0.1, 0.15) is 5.75 Å². The first-order valence-corrected chi connectivity index (χ1v) is 6.62. The summed E-state index contributed by atoms with van der Waals surface area (Å²) in [6.07, 6.45) is 2.30. The third kappa shape index (κ3) is 3.42. The Morgan fingerprint density at radius 1 is 1.37 bits per heavy atom. The Hall–Kier alpha value is -1.20. The monoisotopic (exact) mass is 270 g/mol. The van der Waals surface area contributed by atoms with E-state index in [9.17, 15) is 8.78 Å². The van der Waals surface area contributed by atoms with Crippen molar-refractivity contribution in [2.24, 2.45) is 5.73 Å². The predicted octanol–water partition coefficient (Wildman–Crippen LogP) is 2.77. The number of rotatable bonds is 5. The molecule has 0 bridgehead atoms. The SMILES string of the molecule is CC(c1ccc(OC(F)F)cc1)N1CCCC1CN. The molecule has 0 aromatic heterocycles. The first kappa shape index (κ1) is 14.2. The number of nitrogens with two attached hydrogens (primary N) is 1. The van der Waals surface area contributed by atoms with Crippen LogP contribution in [0.5, 0.6) is 5.75 Å². The molecule has 0 saturated carbocycles. The van der Waals surface area contributed by atoms with Crippen molar-refractivity contribution in [3.63, 3.8) is 0 Å². The number of benzene rings is 1. The summed E-state index contributed by atoms with van der Waals surface area (Å²) in [5, 5.41) is 0. The Balaban J connectivity index is 2.04. The Morgan fingerprint density at radius 3 is 2.63 bits per heavy atom. The van der Waals surface area contributed by atoms with E-state index in [1.54, 1.807) is 12.1 Å². The molecule has 1 aromatic rings. The van der Waals surface area contributed by atoms with E-state index in [1.165, 1.54) is 6.42 Å². The molecule has 2 rings (SSSR count). The number of hydrogen-bond donors (Lipinski definition) is 1. The Morgan fingerprint density at radius 2 is 2.05 bits per heavy atom. The van der Waals surface area contributed by atoms with Gasteiger partial charge in [-0.25, -0.2) is 0 Å². The van der Waals surface area contributed by atoms with Crippen LogP contribution in [0.4, 0.5) is 8.78 Å². The first-order chi connectivity index (χ1) is 9.11. The highest BCUT2D eigenvalue weighted by atomic mass is 19.3. The molecule has 1 heterocycles. The highest BCUT2D eigenvalue weighted by molar-refractivity contribution is 5.29. The van der Waals surface area contributed by atoms with Crippen molar-refractivity contribution in [2.45, 2.75) is 38.5 Å². The standard InChI is InChI=1S/C14H20F2N2O/c1-10(18-8-2-3-12(18)9-17)11-4-6-13(7-5-11)19-14(15)16/h4-7,10,12,14H,2-3,8-9,17H2,1H3. The van der Waals surface area contributed by atoms with Crippen molar-refractivity contribution in [1.29, 1.82) is 0 Å². The lowest BCUT2D eigenvalue weighted by molar-refractivity contribution is -0.0498. The molecule has 19 heavy (non-hydrogen) atoms. The fourth-order valence-electron chi connectivity index (χ4n) is 2.74. The maximum atomic E-state index is 12.1. The normalized spacial score (nSPS) is 21.8. The van der Waals surface area contributed by atoms with Gasteiger partial charge in [-0.15, -0.1) is 0 Å². The summed E-state index contributed by atoms with van der Waals surface area (Å²) in [5.41, 5.74) is 6.87. The van der Waals surface area contributed by atoms with Gasteiger partial charge in [-0.1, -0.05) is 12.1 Å². The van der Waals surface area contributed by atoms with Gasteiger partial charge in [-0.2, -0.15) is 8.78 Å². The number of likely N-dealkylation sites (tertiary alicyclic amines) is 1. The van der Waals surface area contributed by atoms with E-state index in [2.05, 4.69) is 16.6 Å². The molecule has 5 heteroatoms. The zero-order chi connectivity index (χ0) is 13.8. The molecule has 1 fully saturated rings. The summed E-state index contributed by atoms with van der Waals surface area (Å²) in [6, 6.07) is 7.53. The average molecular weight is 270 g/mol. The summed E-state index contributed by atoms with van der Waals surface area (Å²) in [4.78, 5) is 2.38. The molecule has 1 saturated heterocycles. The number of hydrogen-bond acceptors (Lipinski definition) is 3. The zero-order valence-electron chi connectivity index (χ0n) is 11.1. The molecule has 0 amide bonds. The minimum absolute atomic E-state index is 0.197. The molecule has 3 nitrogen and oxygen atoms in total. The fraction of sp³-hybridized carbons (Fsp3) is 0.571. The van der Waals surface area contributed by atoms with Crippen LogP contribution in [-0.2, 0) is 0 Å². The van der Waals surface area contributed by atoms with Crippen molar-refractivity contribution in [3.8, 4) is 5.75 Å². The van der Waals surface area contributed by atoms with E-state index < -0.39 is 6.61 Å². The maximum Gasteiger partial charge on any atom is 0.387 e. The summed E-state index contributed by atoms with van der Waals surface area (Å²) in [5.74, 6) is 0.197. The summed E-state index contributed by atoms with van der Waals surface area (Å²) < 4.78 is 28.5. The molecule has 106 valence electrons. The van der Waals surface area contributed by atoms with Gasteiger partial charge in [0, 0.05) is 18.6 Å².